The quantitative estimate of drug-likeness (QED) is 0.649. The molecule has 3 rings (SSSR count). The van der Waals surface area contributed by atoms with Crippen LogP contribution < -0.4 is 15.4 Å². The van der Waals surface area contributed by atoms with E-state index in [-0.39, 0.29) is 18.1 Å². The van der Waals surface area contributed by atoms with E-state index in [9.17, 15) is 9.90 Å². The van der Waals surface area contributed by atoms with Crippen LogP contribution in [0.2, 0.25) is 0 Å². The van der Waals surface area contributed by atoms with E-state index in [4.69, 9.17) is 4.74 Å². The molecule has 2 atom stereocenters. The van der Waals surface area contributed by atoms with E-state index in [0.717, 1.165) is 54.3 Å². The second kappa shape index (κ2) is 8.25. The number of hydrogen-bond donors (Lipinski definition) is 4. The van der Waals surface area contributed by atoms with Crippen LogP contribution in [-0.2, 0) is 6.42 Å². The second-order valence-electron chi connectivity index (χ2n) is 6.70. The zero-order chi connectivity index (χ0) is 17.6. The fraction of sp³-hybridized carbons (Fsp3) is 0.526. The lowest BCUT2D eigenvalue weighted by Gasteiger charge is -2.27. The Morgan fingerprint density at radius 1 is 1.32 bits per heavy atom. The van der Waals surface area contributed by atoms with Crippen molar-refractivity contribution in [3.63, 3.8) is 0 Å². The molecule has 2 aromatic rings. The number of urea groups is 1. The molecule has 25 heavy (non-hydrogen) atoms. The molecule has 0 bridgehead atoms. The molecule has 1 aromatic heterocycles. The number of aliphatic hydroxyl groups excluding tert-OH is 1. The third kappa shape index (κ3) is 4.25. The van der Waals surface area contributed by atoms with Crippen molar-refractivity contribution in [3.05, 3.63) is 30.0 Å². The molecule has 1 heterocycles. The van der Waals surface area contributed by atoms with Crippen LogP contribution in [0, 0.1) is 5.92 Å². The third-order valence-corrected chi connectivity index (χ3v) is 5.04. The largest absolute Gasteiger partial charge is 0.496 e. The normalized spacial score (nSPS) is 20.4. The highest BCUT2D eigenvalue weighted by Crippen LogP contribution is 2.28. The molecule has 0 aliphatic heterocycles. The molecule has 1 aromatic carbocycles. The summed E-state index contributed by atoms with van der Waals surface area (Å²) in [4.78, 5) is 15.2. The SMILES string of the molecule is COc1cccc2[nH]cc(CCNC(=O)NCC3CCCCC3O)c12. The lowest BCUT2D eigenvalue weighted by atomic mass is 9.86. The number of H-pyrrole nitrogens is 1. The van der Waals surface area contributed by atoms with E-state index < -0.39 is 0 Å². The Labute approximate surface area is 147 Å². The first kappa shape index (κ1) is 17.6. The predicted octanol–water partition coefficient (Wildman–Crippen LogP) is 2.57. The molecule has 4 N–H and O–H groups in total. The standard InChI is InChI=1S/C19H27N3O3/c1-25-17-8-4-6-15-18(17)14(12-21-15)9-10-20-19(24)22-11-13-5-2-3-7-16(13)23/h4,6,8,12-13,16,21,23H,2-3,5,7,9-11H2,1H3,(H2,20,22,24). The minimum atomic E-state index is -0.285. The van der Waals surface area contributed by atoms with Gasteiger partial charge in [0.15, 0.2) is 0 Å². The molecule has 0 spiro atoms. The van der Waals surface area contributed by atoms with Crippen molar-refractivity contribution in [3.8, 4) is 5.75 Å². The third-order valence-electron chi connectivity index (χ3n) is 5.04. The van der Waals surface area contributed by atoms with E-state index in [1.54, 1.807) is 7.11 Å². The Hall–Kier alpha value is -2.21. The molecule has 1 aliphatic rings. The topological polar surface area (TPSA) is 86.4 Å². The van der Waals surface area contributed by atoms with E-state index >= 15 is 0 Å². The molecule has 6 heteroatoms. The van der Waals surface area contributed by atoms with Crippen LogP contribution in [0.15, 0.2) is 24.4 Å². The number of hydrogen-bond acceptors (Lipinski definition) is 3. The number of aromatic amines is 1. The summed E-state index contributed by atoms with van der Waals surface area (Å²) < 4.78 is 5.43. The van der Waals surface area contributed by atoms with Gasteiger partial charge in [0.2, 0.25) is 0 Å². The number of nitrogens with one attached hydrogen (secondary N) is 3. The van der Waals surface area contributed by atoms with Crippen LogP contribution in [0.3, 0.4) is 0 Å². The molecule has 1 saturated carbocycles. The van der Waals surface area contributed by atoms with Gasteiger partial charge in [-0.3, -0.25) is 0 Å². The molecular weight excluding hydrogens is 318 g/mol. The van der Waals surface area contributed by atoms with Gasteiger partial charge in [-0.15, -0.1) is 0 Å². The molecule has 2 amide bonds. The number of benzene rings is 1. The molecule has 1 fully saturated rings. The van der Waals surface area contributed by atoms with Gasteiger partial charge < -0.3 is 25.5 Å². The van der Waals surface area contributed by atoms with Crippen molar-refractivity contribution in [1.29, 1.82) is 0 Å². The number of fused-ring (bicyclic) bond motifs is 1. The summed E-state index contributed by atoms with van der Waals surface area (Å²) in [7, 11) is 1.66. The van der Waals surface area contributed by atoms with Crippen LogP contribution in [0.4, 0.5) is 4.79 Å². The zero-order valence-corrected chi connectivity index (χ0v) is 14.7. The number of rotatable bonds is 6. The maximum absolute atomic E-state index is 12.0. The fourth-order valence-electron chi connectivity index (χ4n) is 3.61. The van der Waals surface area contributed by atoms with Crippen LogP contribution in [-0.4, -0.2) is 42.4 Å². The van der Waals surface area contributed by atoms with Crippen LogP contribution in [0.1, 0.15) is 31.2 Å². The zero-order valence-electron chi connectivity index (χ0n) is 14.7. The lowest BCUT2D eigenvalue weighted by Crippen LogP contribution is -2.42. The number of carbonyl (C=O) groups is 1. The predicted molar refractivity (Wildman–Crippen MR) is 97.9 cm³/mol. The molecule has 1 aliphatic carbocycles. The van der Waals surface area contributed by atoms with Crippen molar-refractivity contribution in [1.82, 2.24) is 15.6 Å². The van der Waals surface area contributed by atoms with Crippen molar-refractivity contribution in [2.45, 2.75) is 38.2 Å². The van der Waals surface area contributed by atoms with E-state index in [1.165, 1.54) is 0 Å². The molecule has 0 radical (unpaired) electrons. The summed E-state index contributed by atoms with van der Waals surface area (Å²) in [6.45, 7) is 1.08. The van der Waals surface area contributed by atoms with E-state index in [0.29, 0.717) is 13.1 Å². The second-order valence-corrected chi connectivity index (χ2v) is 6.70. The lowest BCUT2D eigenvalue weighted by molar-refractivity contribution is 0.0709. The Bertz CT molecular complexity index is 713. The number of carbonyl (C=O) groups excluding carboxylic acids is 1. The van der Waals surface area contributed by atoms with Crippen molar-refractivity contribution in [2.24, 2.45) is 5.92 Å². The highest BCUT2D eigenvalue weighted by molar-refractivity contribution is 5.89. The number of ether oxygens (including phenoxy) is 1. The molecule has 0 saturated heterocycles. The molecule has 6 nitrogen and oxygen atoms in total. The molecule has 2 unspecified atom stereocenters. The summed E-state index contributed by atoms with van der Waals surface area (Å²) in [6.07, 6.45) is 6.44. The monoisotopic (exact) mass is 345 g/mol. The maximum atomic E-state index is 12.0. The van der Waals surface area contributed by atoms with Crippen molar-refractivity contribution < 1.29 is 14.6 Å². The summed E-state index contributed by atoms with van der Waals surface area (Å²) in [5.41, 5.74) is 2.15. The van der Waals surface area contributed by atoms with Gasteiger partial charge in [0.25, 0.3) is 0 Å². The summed E-state index contributed by atoms with van der Waals surface area (Å²) >= 11 is 0. The Morgan fingerprint density at radius 3 is 2.96 bits per heavy atom. The van der Waals surface area contributed by atoms with Gasteiger partial charge in [0.05, 0.1) is 13.2 Å². The van der Waals surface area contributed by atoms with Gasteiger partial charge in [-0.1, -0.05) is 18.9 Å². The minimum absolute atomic E-state index is 0.176. The highest BCUT2D eigenvalue weighted by Gasteiger charge is 2.23. The highest BCUT2D eigenvalue weighted by atomic mass is 16.5. The Balaban J connectivity index is 1.47. The van der Waals surface area contributed by atoms with Gasteiger partial charge >= 0.3 is 6.03 Å². The first-order valence-electron chi connectivity index (χ1n) is 9.01. The first-order valence-corrected chi connectivity index (χ1v) is 9.01. The van der Waals surface area contributed by atoms with Crippen LogP contribution in [0.5, 0.6) is 5.75 Å². The minimum Gasteiger partial charge on any atom is -0.496 e. The number of methoxy groups -OCH3 is 1. The van der Waals surface area contributed by atoms with Gasteiger partial charge in [-0.25, -0.2) is 4.79 Å². The smallest absolute Gasteiger partial charge is 0.314 e. The Kier molecular flexibility index (Phi) is 5.81. The average molecular weight is 345 g/mol. The Morgan fingerprint density at radius 2 is 2.16 bits per heavy atom. The summed E-state index contributed by atoms with van der Waals surface area (Å²) in [5, 5.41) is 16.8. The fourth-order valence-corrected chi connectivity index (χ4v) is 3.61. The number of amides is 2. The van der Waals surface area contributed by atoms with Crippen molar-refractivity contribution in [2.75, 3.05) is 20.2 Å². The van der Waals surface area contributed by atoms with Gasteiger partial charge in [-0.05, 0) is 37.0 Å². The van der Waals surface area contributed by atoms with Gasteiger partial charge in [0.1, 0.15) is 5.75 Å². The summed E-state index contributed by atoms with van der Waals surface area (Å²) in [5.74, 6) is 1.02. The van der Waals surface area contributed by atoms with Gasteiger partial charge in [0, 0.05) is 36.1 Å². The van der Waals surface area contributed by atoms with Crippen molar-refractivity contribution >= 4 is 16.9 Å². The maximum Gasteiger partial charge on any atom is 0.314 e. The van der Waals surface area contributed by atoms with Gasteiger partial charge in [-0.2, -0.15) is 0 Å². The van der Waals surface area contributed by atoms with E-state index in [2.05, 4.69) is 15.6 Å². The van der Waals surface area contributed by atoms with Crippen LogP contribution >= 0.6 is 0 Å². The molecule has 136 valence electrons. The number of aromatic nitrogens is 1. The first-order chi connectivity index (χ1) is 12.2. The average Bonchev–Trinajstić information content (AvgIpc) is 3.04. The number of aliphatic hydroxyl groups is 1. The van der Waals surface area contributed by atoms with E-state index in [1.807, 2.05) is 24.4 Å². The van der Waals surface area contributed by atoms with Crippen LogP contribution in [0.25, 0.3) is 10.9 Å². The molecular formula is C19H27N3O3. The summed E-state index contributed by atoms with van der Waals surface area (Å²) in [6, 6.07) is 5.73.